The number of aryl methyl sites for hydroxylation is 1. The molecule has 3 aromatic rings. The molecule has 0 saturated heterocycles. The Balaban J connectivity index is 1.43. The van der Waals surface area contributed by atoms with Crippen molar-refractivity contribution in [3.63, 3.8) is 0 Å². The Kier molecular flexibility index (Phi) is 5.80. The average molecular weight is 391 g/mol. The van der Waals surface area contributed by atoms with Crippen molar-refractivity contribution in [2.75, 3.05) is 5.32 Å². The zero-order valence-corrected chi connectivity index (χ0v) is 15.5. The third-order valence-electron chi connectivity index (χ3n) is 3.32. The molecule has 0 aliphatic carbocycles. The standard InChI is InChI=1S/C17H15ClN4OS2/c18-11-5-7-12(8-6-11)19-17(24)22-21-15(23)9-10-16-20-13-3-1-2-4-14(13)25-16/h1-8H,9-10H2,(H,21,23)(H2,19,22,24). The minimum Gasteiger partial charge on any atom is -0.331 e. The van der Waals surface area contributed by atoms with Crippen LogP contribution >= 0.6 is 35.2 Å². The number of carbonyl (C=O) groups is 1. The van der Waals surface area contributed by atoms with Crippen molar-refractivity contribution in [2.24, 2.45) is 0 Å². The highest BCUT2D eigenvalue weighted by atomic mass is 35.5. The maximum absolute atomic E-state index is 11.9. The fourth-order valence-electron chi connectivity index (χ4n) is 2.13. The third kappa shape index (κ3) is 5.12. The van der Waals surface area contributed by atoms with E-state index in [4.69, 9.17) is 23.8 Å². The molecule has 0 radical (unpaired) electrons. The fraction of sp³-hybridized carbons (Fsp3) is 0.118. The Morgan fingerprint density at radius 3 is 2.64 bits per heavy atom. The molecule has 0 aliphatic heterocycles. The summed E-state index contributed by atoms with van der Waals surface area (Å²) in [6, 6.07) is 15.0. The van der Waals surface area contributed by atoms with Crippen LogP contribution in [0, 0.1) is 0 Å². The van der Waals surface area contributed by atoms with Crippen molar-refractivity contribution in [3.8, 4) is 0 Å². The van der Waals surface area contributed by atoms with E-state index >= 15 is 0 Å². The van der Waals surface area contributed by atoms with Crippen LogP contribution in [0.25, 0.3) is 10.2 Å². The molecular weight excluding hydrogens is 376 g/mol. The van der Waals surface area contributed by atoms with Gasteiger partial charge < -0.3 is 5.32 Å². The molecule has 5 nitrogen and oxygen atoms in total. The first-order valence-electron chi connectivity index (χ1n) is 7.56. The Labute approximate surface area is 159 Å². The molecule has 0 unspecified atom stereocenters. The summed E-state index contributed by atoms with van der Waals surface area (Å²) in [6.07, 6.45) is 0.917. The quantitative estimate of drug-likeness (QED) is 0.465. The Bertz CT molecular complexity index is 862. The van der Waals surface area contributed by atoms with Gasteiger partial charge in [0.1, 0.15) is 0 Å². The molecule has 2 aromatic carbocycles. The van der Waals surface area contributed by atoms with Gasteiger partial charge in [0, 0.05) is 23.6 Å². The van der Waals surface area contributed by atoms with Crippen LogP contribution in [0.5, 0.6) is 0 Å². The fourth-order valence-corrected chi connectivity index (χ4v) is 3.39. The van der Waals surface area contributed by atoms with Gasteiger partial charge in [-0.1, -0.05) is 23.7 Å². The molecule has 1 heterocycles. The van der Waals surface area contributed by atoms with E-state index in [2.05, 4.69) is 21.2 Å². The van der Waals surface area contributed by atoms with E-state index in [-0.39, 0.29) is 5.91 Å². The first kappa shape index (κ1) is 17.6. The van der Waals surface area contributed by atoms with Crippen LogP contribution < -0.4 is 16.2 Å². The van der Waals surface area contributed by atoms with Crippen molar-refractivity contribution in [3.05, 3.63) is 58.6 Å². The van der Waals surface area contributed by atoms with Crippen LogP contribution in [-0.2, 0) is 11.2 Å². The summed E-state index contributed by atoms with van der Waals surface area (Å²) < 4.78 is 1.13. The normalized spacial score (nSPS) is 10.4. The first-order chi connectivity index (χ1) is 12.1. The number of amides is 1. The molecule has 0 bridgehead atoms. The summed E-state index contributed by atoms with van der Waals surface area (Å²) in [7, 11) is 0. The molecule has 0 aliphatic rings. The number of nitrogens with one attached hydrogen (secondary N) is 3. The zero-order valence-electron chi connectivity index (χ0n) is 13.1. The van der Waals surface area contributed by atoms with Crippen LogP contribution in [0.1, 0.15) is 11.4 Å². The second-order valence-corrected chi connectivity index (χ2v) is 7.17. The lowest BCUT2D eigenvalue weighted by molar-refractivity contribution is -0.121. The van der Waals surface area contributed by atoms with Crippen molar-refractivity contribution >= 4 is 62.1 Å². The van der Waals surface area contributed by atoms with Crippen LogP contribution in [0.3, 0.4) is 0 Å². The van der Waals surface area contributed by atoms with Crippen LogP contribution in [0.4, 0.5) is 5.69 Å². The van der Waals surface area contributed by atoms with Crippen LogP contribution in [-0.4, -0.2) is 16.0 Å². The van der Waals surface area contributed by atoms with Gasteiger partial charge in [0.2, 0.25) is 5.91 Å². The Morgan fingerprint density at radius 1 is 1.12 bits per heavy atom. The highest BCUT2D eigenvalue weighted by molar-refractivity contribution is 7.80. The molecule has 3 rings (SSSR count). The van der Waals surface area contributed by atoms with Gasteiger partial charge in [-0.3, -0.25) is 15.6 Å². The highest BCUT2D eigenvalue weighted by Gasteiger charge is 2.07. The summed E-state index contributed by atoms with van der Waals surface area (Å²) in [5.74, 6) is -0.153. The van der Waals surface area contributed by atoms with Gasteiger partial charge in [-0.25, -0.2) is 4.98 Å². The topological polar surface area (TPSA) is 66.0 Å². The second kappa shape index (κ2) is 8.24. The molecule has 0 fully saturated rings. The SMILES string of the molecule is O=C(CCc1nc2ccccc2s1)NNC(=S)Nc1ccc(Cl)cc1. The largest absolute Gasteiger partial charge is 0.331 e. The number of benzene rings is 2. The van der Waals surface area contributed by atoms with Crippen molar-refractivity contribution in [1.29, 1.82) is 0 Å². The number of para-hydroxylation sites is 1. The van der Waals surface area contributed by atoms with E-state index in [9.17, 15) is 4.79 Å². The smallest absolute Gasteiger partial charge is 0.238 e. The maximum atomic E-state index is 11.9. The highest BCUT2D eigenvalue weighted by Crippen LogP contribution is 2.22. The number of halogens is 1. The lowest BCUT2D eigenvalue weighted by Crippen LogP contribution is -2.43. The number of rotatable bonds is 4. The van der Waals surface area contributed by atoms with Crippen molar-refractivity contribution in [1.82, 2.24) is 15.8 Å². The summed E-state index contributed by atoms with van der Waals surface area (Å²) in [6.45, 7) is 0. The molecule has 0 atom stereocenters. The molecule has 128 valence electrons. The number of anilines is 1. The van der Waals surface area contributed by atoms with Gasteiger partial charge in [0.05, 0.1) is 15.2 Å². The van der Waals surface area contributed by atoms with E-state index < -0.39 is 0 Å². The van der Waals surface area contributed by atoms with Crippen molar-refractivity contribution in [2.45, 2.75) is 12.8 Å². The molecule has 3 N–H and O–H groups in total. The first-order valence-corrected chi connectivity index (χ1v) is 9.16. The van der Waals surface area contributed by atoms with E-state index in [1.54, 1.807) is 35.6 Å². The lowest BCUT2D eigenvalue weighted by atomic mass is 10.3. The van der Waals surface area contributed by atoms with Gasteiger partial charge in [0.15, 0.2) is 5.11 Å². The molecule has 0 spiro atoms. The number of carbonyl (C=O) groups excluding carboxylic acids is 1. The van der Waals surface area contributed by atoms with E-state index in [0.717, 1.165) is 20.9 Å². The van der Waals surface area contributed by atoms with Gasteiger partial charge >= 0.3 is 0 Å². The molecule has 1 amide bonds. The number of fused-ring (bicyclic) bond motifs is 1. The third-order valence-corrected chi connectivity index (χ3v) is 4.87. The number of hydrazine groups is 1. The number of hydrogen-bond acceptors (Lipinski definition) is 4. The van der Waals surface area contributed by atoms with Gasteiger partial charge in [-0.15, -0.1) is 11.3 Å². The average Bonchev–Trinajstić information content (AvgIpc) is 3.03. The van der Waals surface area contributed by atoms with E-state index in [0.29, 0.717) is 23.0 Å². The van der Waals surface area contributed by atoms with Crippen LogP contribution in [0.2, 0.25) is 5.02 Å². The Hall–Kier alpha value is -2.22. The second-order valence-electron chi connectivity index (χ2n) is 5.21. The Morgan fingerprint density at radius 2 is 1.88 bits per heavy atom. The molecule has 0 saturated carbocycles. The van der Waals surface area contributed by atoms with Gasteiger partial charge in [0.25, 0.3) is 0 Å². The zero-order chi connectivity index (χ0) is 17.6. The number of thiazole rings is 1. The summed E-state index contributed by atoms with van der Waals surface area (Å²) >= 11 is 12.6. The summed E-state index contributed by atoms with van der Waals surface area (Å²) in [4.78, 5) is 16.4. The minimum absolute atomic E-state index is 0.153. The lowest BCUT2D eigenvalue weighted by Gasteiger charge is -2.11. The van der Waals surface area contributed by atoms with Gasteiger partial charge in [-0.05, 0) is 48.6 Å². The molecule has 1 aromatic heterocycles. The number of nitrogens with zero attached hydrogens (tertiary/aromatic N) is 1. The van der Waals surface area contributed by atoms with E-state index in [1.165, 1.54) is 0 Å². The van der Waals surface area contributed by atoms with E-state index in [1.807, 2.05) is 24.3 Å². The number of hydrogen-bond donors (Lipinski definition) is 3. The number of thiocarbonyl (C=S) groups is 1. The molecule has 25 heavy (non-hydrogen) atoms. The predicted octanol–water partition coefficient (Wildman–Crippen LogP) is 3.90. The number of aromatic nitrogens is 1. The molecule has 8 heteroatoms. The maximum Gasteiger partial charge on any atom is 0.238 e. The minimum atomic E-state index is -0.153. The summed E-state index contributed by atoms with van der Waals surface area (Å²) in [5.41, 5.74) is 7.01. The van der Waals surface area contributed by atoms with Crippen molar-refractivity contribution < 1.29 is 4.79 Å². The molecular formula is C17H15ClN4OS2. The summed E-state index contributed by atoms with van der Waals surface area (Å²) in [5, 5.41) is 4.84. The van der Waals surface area contributed by atoms with Crippen LogP contribution in [0.15, 0.2) is 48.5 Å². The monoisotopic (exact) mass is 390 g/mol. The van der Waals surface area contributed by atoms with Gasteiger partial charge in [-0.2, -0.15) is 0 Å². The predicted molar refractivity (Wildman–Crippen MR) is 107 cm³/mol.